The third-order valence-electron chi connectivity index (χ3n) is 3.32. The third-order valence-corrected chi connectivity index (χ3v) is 4.40. The van der Waals surface area contributed by atoms with Crippen LogP contribution in [0.25, 0.3) is 10.8 Å². The lowest BCUT2D eigenvalue weighted by Gasteiger charge is -2.11. The second kappa shape index (κ2) is 5.70. The molecule has 0 amide bonds. The van der Waals surface area contributed by atoms with Crippen molar-refractivity contribution in [2.24, 2.45) is 0 Å². The van der Waals surface area contributed by atoms with Gasteiger partial charge in [-0.15, -0.1) is 0 Å². The van der Waals surface area contributed by atoms with E-state index in [1.54, 1.807) is 18.7 Å². The van der Waals surface area contributed by atoms with Gasteiger partial charge in [-0.25, -0.2) is 0 Å². The number of aliphatic hydroxyl groups is 1. The first kappa shape index (κ1) is 13.2. The summed E-state index contributed by atoms with van der Waals surface area (Å²) in [6, 6.07) is 22.8. The summed E-state index contributed by atoms with van der Waals surface area (Å²) in [6.07, 6.45) is -0.445. The molecule has 1 N–H and O–H groups in total. The molecule has 0 spiro atoms. The molecule has 0 aliphatic heterocycles. The van der Waals surface area contributed by atoms with Crippen LogP contribution in [0.2, 0.25) is 0 Å². The maximum atomic E-state index is 9.84. The molecular formula is C18H16OS. The monoisotopic (exact) mass is 280 g/mol. The van der Waals surface area contributed by atoms with Gasteiger partial charge in [0.2, 0.25) is 0 Å². The summed E-state index contributed by atoms with van der Waals surface area (Å²) in [6.45, 7) is 1.81. The number of hydrogen-bond donors (Lipinski definition) is 1. The van der Waals surface area contributed by atoms with Crippen molar-refractivity contribution >= 4 is 22.5 Å². The number of hydrogen-bond acceptors (Lipinski definition) is 2. The molecule has 0 heterocycles. The van der Waals surface area contributed by atoms with Gasteiger partial charge in [0.05, 0.1) is 6.10 Å². The molecule has 100 valence electrons. The first-order chi connectivity index (χ1) is 9.74. The Labute approximate surface area is 123 Å². The lowest BCUT2D eigenvalue weighted by molar-refractivity contribution is 0.196. The van der Waals surface area contributed by atoms with Gasteiger partial charge in [-0.1, -0.05) is 60.3 Å². The van der Waals surface area contributed by atoms with Gasteiger partial charge in [-0.3, -0.25) is 0 Å². The minimum Gasteiger partial charge on any atom is -0.389 e. The van der Waals surface area contributed by atoms with Crippen LogP contribution in [0.15, 0.2) is 76.5 Å². The molecule has 1 nitrogen and oxygen atoms in total. The van der Waals surface area contributed by atoms with E-state index >= 15 is 0 Å². The van der Waals surface area contributed by atoms with Gasteiger partial charge < -0.3 is 5.11 Å². The van der Waals surface area contributed by atoms with Crippen molar-refractivity contribution in [1.29, 1.82) is 0 Å². The number of rotatable bonds is 3. The molecule has 3 rings (SSSR count). The van der Waals surface area contributed by atoms with Crippen LogP contribution in [0, 0.1) is 0 Å². The van der Waals surface area contributed by atoms with Crippen LogP contribution in [0.4, 0.5) is 0 Å². The van der Waals surface area contributed by atoms with Crippen molar-refractivity contribution in [2.45, 2.75) is 22.8 Å². The Balaban J connectivity index is 1.97. The second-order valence-corrected chi connectivity index (χ2v) is 5.94. The highest BCUT2D eigenvalue weighted by molar-refractivity contribution is 7.99. The third kappa shape index (κ3) is 2.72. The molecule has 0 aliphatic carbocycles. The highest BCUT2D eigenvalue weighted by Crippen LogP contribution is 2.34. The first-order valence-electron chi connectivity index (χ1n) is 6.68. The molecule has 20 heavy (non-hydrogen) atoms. The zero-order chi connectivity index (χ0) is 13.9. The van der Waals surface area contributed by atoms with Crippen molar-refractivity contribution in [3.05, 3.63) is 72.3 Å². The van der Waals surface area contributed by atoms with Crippen molar-refractivity contribution in [1.82, 2.24) is 0 Å². The van der Waals surface area contributed by atoms with Crippen LogP contribution < -0.4 is 0 Å². The highest BCUT2D eigenvalue weighted by atomic mass is 32.2. The van der Waals surface area contributed by atoms with E-state index in [0.29, 0.717) is 0 Å². The number of aliphatic hydroxyl groups excluding tert-OH is 1. The van der Waals surface area contributed by atoms with E-state index in [0.717, 1.165) is 10.5 Å². The Morgan fingerprint density at radius 2 is 1.55 bits per heavy atom. The van der Waals surface area contributed by atoms with Gasteiger partial charge in [0.25, 0.3) is 0 Å². The molecular weight excluding hydrogens is 264 g/mol. The summed E-state index contributed by atoms with van der Waals surface area (Å²) in [5, 5.41) is 12.3. The molecule has 0 aromatic heterocycles. The summed E-state index contributed by atoms with van der Waals surface area (Å²) < 4.78 is 0. The topological polar surface area (TPSA) is 20.2 Å². The zero-order valence-corrected chi connectivity index (χ0v) is 12.1. The minimum atomic E-state index is -0.445. The SMILES string of the molecule is CC(O)c1ccccc1Sc1ccc2ccccc2c1. The zero-order valence-electron chi connectivity index (χ0n) is 11.3. The lowest BCUT2D eigenvalue weighted by Crippen LogP contribution is -1.93. The molecule has 1 atom stereocenters. The number of benzene rings is 3. The molecule has 1 unspecified atom stereocenters. The van der Waals surface area contributed by atoms with Crippen LogP contribution in [0.5, 0.6) is 0 Å². The standard InChI is InChI=1S/C18H16OS/c1-13(19)17-8-4-5-9-18(17)20-16-11-10-14-6-2-3-7-15(14)12-16/h2-13,19H,1H3. The lowest BCUT2D eigenvalue weighted by atomic mass is 10.1. The van der Waals surface area contributed by atoms with E-state index < -0.39 is 6.10 Å². The van der Waals surface area contributed by atoms with Crippen LogP contribution in [-0.2, 0) is 0 Å². The quantitative estimate of drug-likeness (QED) is 0.725. The molecule has 3 aromatic rings. The summed E-state index contributed by atoms with van der Waals surface area (Å²) in [5.41, 5.74) is 0.977. The van der Waals surface area contributed by atoms with Crippen molar-refractivity contribution in [3.63, 3.8) is 0 Å². The van der Waals surface area contributed by atoms with E-state index in [1.807, 2.05) is 18.2 Å². The molecule has 3 aromatic carbocycles. The summed E-state index contributed by atoms with van der Waals surface area (Å²) in [5.74, 6) is 0. The van der Waals surface area contributed by atoms with Gasteiger partial charge in [0.1, 0.15) is 0 Å². The summed E-state index contributed by atoms with van der Waals surface area (Å²) in [4.78, 5) is 2.30. The maximum Gasteiger partial charge on any atom is 0.0772 e. The molecule has 0 saturated heterocycles. The predicted octanol–water partition coefficient (Wildman–Crippen LogP) is 5.04. The minimum absolute atomic E-state index is 0.445. The van der Waals surface area contributed by atoms with E-state index in [4.69, 9.17) is 0 Å². The molecule has 0 bridgehead atoms. The number of fused-ring (bicyclic) bond motifs is 1. The first-order valence-corrected chi connectivity index (χ1v) is 7.49. The largest absolute Gasteiger partial charge is 0.389 e. The average molecular weight is 280 g/mol. The summed E-state index contributed by atoms with van der Waals surface area (Å²) >= 11 is 1.70. The van der Waals surface area contributed by atoms with Crippen molar-refractivity contribution in [3.8, 4) is 0 Å². The molecule has 0 radical (unpaired) electrons. The highest BCUT2D eigenvalue weighted by Gasteiger charge is 2.08. The van der Waals surface area contributed by atoms with Crippen molar-refractivity contribution < 1.29 is 5.11 Å². The fraction of sp³-hybridized carbons (Fsp3) is 0.111. The average Bonchev–Trinajstić information content (AvgIpc) is 2.47. The van der Waals surface area contributed by atoms with Gasteiger partial charge in [0.15, 0.2) is 0 Å². The Hall–Kier alpha value is -1.77. The van der Waals surface area contributed by atoms with Crippen LogP contribution in [0.1, 0.15) is 18.6 Å². The Morgan fingerprint density at radius 1 is 0.850 bits per heavy atom. The van der Waals surface area contributed by atoms with Crippen molar-refractivity contribution in [2.75, 3.05) is 0 Å². The van der Waals surface area contributed by atoms with Gasteiger partial charge in [-0.05, 0) is 41.5 Å². The Morgan fingerprint density at radius 3 is 2.35 bits per heavy atom. The molecule has 2 heteroatoms. The predicted molar refractivity (Wildman–Crippen MR) is 85.1 cm³/mol. The van der Waals surface area contributed by atoms with Crippen LogP contribution >= 0.6 is 11.8 Å². The van der Waals surface area contributed by atoms with Crippen LogP contribution in [0.3, 0.4) is 0 Å². The van der Waals surface area contributed by atoms with E-state index in [1.165, 1.54) is 15.7 Å². The van der Waals surface area contributed by atoms with E-state index in [2.05, 4.69) is 48.5 Å². The van der Waals surface area contributed by atoms with Crippen LogP contribution in [-0.4, -0.2) is 5.11 Å². The molecule has 0 saturated carbocycles. The Bertz CT molecular complexity index is 734. The fourth-order valence-electron chi connectivity index (χ4n) is 2.28. The Kier molecular flexibility index (Phi) is 3.77. The maximum absolute atomic E-state index is 9.84. The summed E-state index contributed by atoms with van der Waals surface area (Å²) in [7, 11) is 0. The van der Waals surface area contributed by atoms with Gasteiger partial charge in [0, 0.05) is 9.79 Å². The smallest absolute Gasteiger partial charge is 0.0772 e. The molecule has 0 aliphatic rings. The van der Waals surface area contributed by atoms with E-state index in [-0.39, 0.29) is 0 Å². The van der Waals surface area contributed by atoms with Gasteiger partial charge >= 0.3 is 0 Å². The molecule has 0 fully saturated rings. The second-order valence-electron chi connectivity index (χ2n) is 4.82. The van der Waals surface area contributed by atoms with Gasteiger partial charge in [-0.2, -0.15) is 0 Å². The fourth-order valence-corrected chi connectivity index (χ4v) is 3.36. The normalized spacial score (nSPS) is 12.5. The van der Waals surface area contributed by atoms with E-state index in [9.17, 15) is 5.11 Å².